The van der Waals surface area contributed by atoms with Gasteiger partial charge in [0.15, 0.2) is 0 Å². The normalized spacial score (nSPS) is 20.3. The van der Waals surface area contributed by atoms with Gasteiger partial charge in [0.05, 0.1) is 12.0 Å². The highest BCUT2D eigenvalue weighted by Crippen LogP contribution is 2.46. The summed E-state index contributed by atoms with van der Waals surface area (Å²) in [6.07, 6.45) is 4.34. The van der Waals surface area contributed by atoms with Gasteiger partial charge in [0.2, 0.25) is 0 Å². The zero-order valence-electron chi connectivity index (χ0n) is 10.8. The molecule has 16 heavy (non-hydrogen) atoms. The first-order valence-electron chi connectivity index (χ1n) is 6.44. The molecule has 1 atom stereocenters. The minimum Gasteiger partial charge on any atom is -0.466 e. The van der Waals surface area contributed by atoms with E-state index in [2.05, 4.69) is 13.8 Å². The summed E-state index contributed by atoms with van der Waals surface area (Å²) in [7, 11) is 0. The Morgan fingerprint density at radius 1 is 1.50 bits per heavy atom. The quantitative estimate of drug-likeness (QED) is 0.709. The van der Waals surface area contributed by atoms with E-state index in [1.165, 1.54) is 6.42 Å². The topological polar surface area (TPSA) is 52.3 Å². The van der Waals surface area contributed by atoms with Gasteiger partial charge in [0, 0.05) is 6.54 Å². The molecule has 3 nitrogen and oxygen atoms in total. The molecule has 1 aliphatic carbocycles. The molecular formula is C13H25NO2. The highest BCUT2D eigenvalue weighted by molar-refractivity contribution is 5.77. The van der Waals surface area contributed by atoms with Crippen molar-refractivity contribution in [2.24, 2.45) is 23.0 Å². The number of hydrogen-bond acceptors (Lipinski definition) is 3. The molecule has 1 unspecified atom stereocenters. The molecule has 0 aromatic rings. The van der Waals surface area contributed by atoms with Gasteiger partial charge in [-0.25, -0.2) is 0 Å². The van der Waals surface area contributed by atoms with Gasteiger partial charge in [-0.3, -0.25) is 4.79 Å². The van der Waals surface area contributed by atoms with Crippen LogP contribution in [0.5, 0.6) is 0 Å². The summed E-state index contributed by atoms with van der Waals surface area (Å²) < 4.78 is 5.24. The summed E-state index contributed by atoms with van der Waals surface area (Å²) in [5.74, 6) is 0.850. The second-order valence-corrected chi connectivity index (χ2v) is 5.31. The van der Waals surface area contributed by atoms with Gasteiger partial charge in [-0.2, -0.15) is 0 Å². The van der Waals surface area contributed by atoms with Gasteiger partial charge < -0.3 is 10.5 Å². The van der Waals surface area contributed by atoms with Gasteiger partial charge in [0.1, 0.15) is 0 Å². The summed E-state index contributed by atoms with van der Waals surface area (Å²) in [5, 5.41) is 0. The van der Waals surface area contributed by atoms with Gasteiger partial charge in [-0.15, -0.1) is 0 Å². The fraction of sp³-hybridized carbons (Fsp3) is 0.923. The Kier molecular flexibility index (Phi) is 4.78. The summed E-state index contributed by atoms with van der Waals surface area (Å²) in [5.41, 5.74) is 5.48. The predicted molar refractivity (Wildman–Crippen MR) is 64.9 cm³/mol. The van der Waals surface area contributed by atoms with Gasteiger partial charge >= 0.3 is 5.97 Å². The van der Waals surface area contributed by atoms with Crippen LogP contribution in [0.15, 0.2) is 0 Å². The lowest BCUT2D eigenvalue weighted by molar-refractivity contribution is -0.162. The average Bonchev–Trinajstić information content (AvgIpc) is 2.13. The SMILES string of the molecule is CCOC(=O)C(CN)(CC(C)C)C1CCC1. The summed E-state index contributed by atoms with van der Waals surface area (Å²) in [4.78, 5) is 12.2. The maximum Gasteiger partial charge on any atom is 0.313 e. The van der Waals surface area contributed by atoms with E-state index >= 15 is 0 Å². The third-order valence-corrected chi connectivity index (χ3v) is 3.71. The molecule has 0 spiro atoms. The maximum absolute atomic E-state index is 12.2. The number of rotatable bonds is 6. The van der Waals surface area contributed by atoms with Crippen molar-refractivity contribution >= 4 is 5.97 Å². The molecule has 0 amide bonds. The molecular weight excluding hydrogens is 202 g/mol. The fourth-order valence-corrected chi connectivity index (χ4v) is 2.71. The van der Waals surface area contributed by atoms with Crippen LogP contribution < -0.4 is 5.73 Å². The Hall–Kier alpha value is -0.570. The Morgan fingerprint density at radius 2 is 2.12 bits per heavy atom. The maximum atomic E-state index is 12.2. The second kappa shape index (κ2) is 5.67. The number of nitrogens with two attached hydrogens (primary N) is 1. The van der Waals surface area contributed by atoms with Gasteiger partial charge in [-0.05, 0) is 38.0 Å². The van der Waals surface area contributed by atoms with E-state index in [9.17, 15) is 4.79 Å². The van der Waals surface area contributed by atoms with E-state index in [4.69, 9.17) is 10.5 Å². The Bertz CT molecular complexity index is 236. The second-order valence-electron chi connectivity index (χ2n) is 5.31. The van der Waals surface area contributed by atoms with Crippen molar-refractivity contribution in [1.82, 2.24) is 0 Å². The zero-order chi connectivity index (χ0) is 12.2. The molecule has 0 heterocycles. The van der Waals surface area contributed by atoms with Crippen molar-refractivity contribution in [3.05, 3.63) is 0 Å². The van der Waals surface area contributed by atoms with E-state index < -0.39 is 5.41 Å². The minimum atomic E-state index is -0.414. The third kappa shape index (κ3) is 2.57. The molecule has 1 saturated carbocycles. The number of hydrogen-bond donors (Lipinski definition) is 1. The molecule has 0 saturated heterocycles. The van der Waals surface area contributed by atoms with Crippen molar-refractivity contribution in [3.63, 3.8) is 0 Å². The summed E-state index contributed by atoms with van der Waals surface area (Å²) in [6, 6.07) is 0. The largest absolute Gasteiger partial charge is 0.466 e. The monoisotopic (exact) mass is 227 g/mol. The van der Waals surface area contributed by atoms with E-state index in [0.29, 0.717) is 25.0 Å². The molecule has 94 valence electrons. The average molecular weight is 227 g/mol. The van der Waals surface area contributed by atoms with Crippen molar-refractivity contribution in [2.75, 3.05) is 13.2 Å². The van der Waals surface area contributed by atoms with Crippen LogP contribution in [0.2, 0.25) is 0 Å². The smallest absolute Gasteiger partial charge is 0.313 e. The Balaban J connectivity index is 2.82. The molecule has 2 N–H and O–H groups in total. The molecule has 0 bridgehead atoms. The fourth-order valence-electron chi connectivity index (χ4n) is 2.71. The van der Waals surface area contributed by atoms with Crippen LogP contribution in [0.1, 0.15) is 46.5 Å². The zero-order valence-corrected chi connectivity index (χ0v) is 10.8. The van der Waals surface area contributed by atoms with Crippen molar-refractivity contribution in [1.29, 1.82) is 0 Å². The van der Waals surface area contributed by atoms with Gasteiger partial charge in [0.25, 0.3) is 0 Å². The third-order valence-electron chi connectivity index (χ3n) is 3.71. The van der Waals surface area contributed by atoms with Gasteiger partial charge in [-0.1, -0.05) is 20.3 Å². The standard InChI is InChI=1S/C13H25NO2/c1-4-16-12(15)13(9-14,8-10(2)3)11-6-5-7-11/h10-11H,4-9,14H2,1-3H3. The highest BCUT2D eigenvalue weighted by Gasteiger charge is 2.48. The lowest BCUT2D eigenvalue weighted by Gasteiger charge is -2.43. The number of carbonyl (C=O) groups is 1. The van der Waals surface area contributed by atoms with E-state index in [-0.39, 0.29) is 5.97 Å². The first-order chi connectivity index (χ1) is 7.56. The first kappa shape index (κ1) is 13.5. The van der Waals surface area contributed by atoms with Crippen LogP contribution in [-0.4, -0.2) is 19.1 Å². The highest BCUT2D eigenvalue weighted by atomic mass is 16.5. The number of ether oxygens (including phenoxy) is 1. The molecule has 0 radical (unpaired) electrons. The molecule has 3 heteroatoms. The lowest BCUT2D eigenvalue weighted by atomic mass is 9.62. The van der Waals surface area contributed by atoms with E-state index in [0.717, 1.165) is 19.3 Å². The Morgan fingerprint density at radius 3 is 2.44 bits per heavy atom. The first-order valence-corrected chi connectivity index (χ1v) is 6.44. The van der Waals surface area contributed by atoms with Crippen LogP contribution >= 0.6 is 0 Å². The van der Waals surface area contributed by atoms with Crippen LogP contribution in [-0.2, 0) is 9.53 Å². The van der Waals surface area contributed by atoms with Crippen LogP contribution in [0, 0.1) is 17.3 Å². The van der Waals surface area contributed by atoms with Crippen molar-refractivity contribution < 1.29 is 9.53 Å². The van der Waals surface area contributed by atoms with Crippen molar-refractivity contribution in [2.45, 2.75) is 46.5 Å². The molecule has 0 aromatic carbocycles. The molecule has 1 rings (SSSR count). The Labute approximate surface area is 98.7 Å². The number of esters is 1. The molecule has 0 aliphatic heterocycles. The van der Waals surface area contributed by atoms with Crippen LogP contribution in [0.4, 0.5) is 0 Å². The van der Waals surface area contributed by atoms with Crippen molar-refractivity contribution in [3.8, 4) is 0 Å². The molecule has 1 aliphatic rings. The lowest BCUT2D eigenvalue weighted by Crippen LogP contribution is -2.49. The van der Waals surface area contributed by atoms with E-state index in [1.807, 2.05) is 6.92 Å². The predicted octanol–water partition coefficient (Wildman–Crippen LogP) is 2.34. The molecule has 0 aromatic heterocycles. The summed E-state index contributed by atoms with van der Waals surface area (Å²) >= 11 is 0. The van der Waals surface area contributed by atoms with Crippen LogP contribution in [0.3, 0.4) is 0 Å². The van der Waals surface area contributed by atoms with Crippen LogP contribution in [0.25, 0.3) is 0 Å². The van der Waals surface area contributed by atoms with E-state index in [1.54, 1.807) is 0 Å². The minimum absolute atomic E-state index is 0.0732. The molecule has 1 fully saturated rings. The number of carbonyl (C=O) groups excluding carboxylic acids is 1. The summed E-state index contributed by atoms with van der Waals surface area (Å²) in [6.45, 7) is 7.01.